The molecule has 0 saturated heterocycles. The number of benzene rings is 2. The number of rotatable bonds is 8. The molecule has 0 aromatic heterocycles. The van der Waals surface area contributed by atoms with Gasteiger partial charge in [-0.1, -0.05) is 24.3 Å². The summed E-state index contributed by atoms with van der Waals surface area (Å²) >= 11 is 0. The van der Waals surface area contributed by atoms with Gasteiger partial charge < -0.3 is 24.7 Å². The van der Waals surface area contributed by atoms with E-state index in [0.717, 1.165) is 0 Å². The second-order valence-corrected chi connectivity index (χ2v) is 5.46. The maximum Gasteiger partial charge on any atom is 0.259 e. The molecule has 0 aliphatic heterocycles. The summed E-state index contributed by atoms with van der Waals surface area (Å²) in [6.07, 6.45) is 1.34. The molecule has 2 N–H and O–H groups in total. The zero-order valence-corrected chi connectivity index (χ0v) is 15.2. The summed E-state index contributed by atoms with van der Waals surface area (Å²) < 4.78 is 10.2. The molecule has 0 radical (unpaired) electrons. The number of nitrogens with one attached hydrogen (secondary N) is 2. The Morgan fingerprint density at radius 3 is 2.25 bits per heavy atom. The SMILES string of the molecule is COc1ccc(C(=O)NCC(=O)N/N=C/c2ccc(C(=O)[O-])cc2)cc1OC. The Hall–Kier alpha value is -3.88. The third-order valence-electron chi connectivity index (χ3n) is 3.60. The van der Waals surface area contributed by atoms with Crippen molar-refractivity contribution in [3.8, 4) is 11.5 Å². The van der Waals surface area contributed by atoms with Crippen LogP contribution in [0.15, 0.2) is 47.6 Å². The molecule has 0 heterocycles. The summed E-state index contributed by atoms with van der Waals surface area (Å²) in [5.74, 6) is -1.39. The number of carbonyl (C=O) groups is 3. The normalized spacial score (nSPS) is 10.4. The maximum atomic E-state index is 12.1. The highest BCUT2D eigenvalue weighted by Gasteiger charge is 2.11. The second-order valence-electron chi connectivity index (χ2n) is 5.46. The monoisotopic (exact) mass is 384 g/mol. The van der Waals surface area contributed by atoms with E-state index in [0.29, 0.717) is 22.6 Å². The Bertz CT molecular complexity index is 893. The Balaban J connectivity index is 1.84. The van der Waals surface area contributed by atoms with Crippen LogP contribution < -0.4 is 25.3 Å². The van der Waals surface area contributed by atoms with Crippen molar-refractivity contribution in [2.75, 3.05) is 20.8 Å². The van der Waals surface area contributed by atoms with Gasteiger partial charge in [0, 0.05) is 5.56 Å². The minimum absolute atomic E-state index is 0.0408. The number of ether oxygens (including phenoxy) is 2. The lowest BCUT2D eigenvalue weighted by Crippen LogP contribution is -2.34. The molecule has 9 nitrogen and oxygen atoms in total. The van der Waals surface area contributed by atoms with E-state index in [1.165, 1.54) is 50.8 Å². The number of hydrazone groups is 1. The van der Waals surface area contributed by atoms with Gasteiger partial charge in [0.25, 0.3) is 11.8 Å². The fourth-order valence-corrected chi connectivity index (χ4v) is 2.16. The maximum absolute atomic E-state index is 12.1. The first-order chi connectivity index (χ1) is 13.4. The summed E-state index contributed by atoms with van der Waals surface area (Å²) in [4.78, 5) is 34.5. The van der Waals surface area contributed by atoms with E-state index in [4.69, 9.17) is 9.47 Å². The van der Waals surface area contributed by atoms with Crippen LogP contribution in [-0.2, 0) is 4.79 Å². The number of hydrogen-bond acceptors (Lipinski definition) is 7. The van der Waals surface area contributed by atoms with Crippen LogP contribution in [0.5, 0.6) is 11.5 Å². The number of nitrogens with zero attached hydrogens (tertiary/aromatic N) is 1. The zero-order valence-electron chi connectivity index (χ0n) is 15.2. The van der Waals surface area contributed by atoms with Crippen LogP contribution in [0.1, 0.15) is 26.3 Å². The number of carboxylic acids is 1. The Kier molecular flexibility index (Phi) is 7.09. The van der Waals surface area contributed by atoms with Crippen LogP contribution in [0.25, 0.3) is 0 Å². The molecule has 0 bridgehead atoms. The Morgan fingerprint density at radius 2 is 1.64 bits per heavy atom. The van der Waals surface area contributed by atoms with Crippen molar-refractivity contribution in [3.63, 3.8) is 0 Å². The zero-order chi connectivity index (χ0) is 20.5. The third-order valence-corrected chi connectivity index (χ3v) is 3.60. The lowest BCUT2D eigenvalue weighted by Gasteiger charge is -2.09. The quantitative estimate of drug-likeness (QED) is 0.485. The average molecular weight is 384 g/mol. The fourth-order valence-electron chi connectivity index (χ4n) is 2.16. The first-order valence-electron chi connectivity index (χ1n) is 8.08. The third kappa shape index (κ3) is 5.56. The minimum Gasteiger partial charge on any atom is -0.545 e. The van der Waals surface area contributed by atoms with Crippen LogP contribution in [0.2, 0.25) is 0 Å². The molecule has 0 atom stereocenters. The van der Waals surface area contributed by atoms with Crippen LogP contribution in [0, 0.1) is 0 Å². The van der Waals surface area contributed by atoms with Gasteiger partial charge in [-0.2, -0.15) is 5.10 Å². The van der Waals surface area contributed by atoms with Gasteiger partial charge in [-0.15, -0.1) is 0 Å². The molecule has 0 saturated carbocycles. The highest BCUT2D eigenvalue weighted by atomic mass is 16.5. The van der Waals surface area contributed by atoms with Crippen molar-refractivity contribution in [1.29, 1.82) is 0 Å². The van der Waals surface area contributed by atoms with E-state index >= 15 is 0 Å². The topological polar surface area (TPSA) is 129 Å². The molecule has 0 spiro atoms. The second kappa shape index (κ2) is 9.72. The number of carbonyl (C=O) groups excluding carboxylic acids is 3. The van der Waals surface area contributed by atoms with Gasteiger partial charge in [-0.3, -0.25) is 9.59 Å². The predicted molar refractivity (Wildman–Crippen MR) is 98.4 cm³/mol. The van der Waals surface area contributed by atoms with Crippen molar-refractivity contribution in [2.24, 2.45) is 5.10 Å². The van der Waals surface area contributed by atoms with Gasteiger partial charge in [0.15, 0.2) is 11.5 Å². The van der Waals surface area contributed by atoms with Crippen molar-refractivity contribution < 1.29 is 29.0 Å². The standard InChI is InChI=1S/C19H19N3O6/c1-27-15-8-7-14(9-16(15)28-2)18(24)20-11-17(23)22-21-10-12-3-5-13(6-4-12)19(25)26/h3-10H,11H2,1-2H3,(H,20,24)(H,22,23)(H,25,26)/p-1/b21-10+. The first kappa shape index (κ1) is 20.4. The van der Waals surface area contributed by atoms with Gasteiger partial charge in [-0.25, -0.2) is 5.43 Å². The molecule has 2 amide bonds. The van der Waals surface area contributed by atoms with Crippen LogP contribution in [0.3, 0.4) is 0 Å². The first-order valence-corrected chi connectivity index (χ1v) is 8.08. The van der Waals surface area contributed by atoms with Crippen molar-refractivity contribution in [2.45, 2.75) is 0 Å². The largest absolute Gasteiger partial charge is 0.545 e. The van der Waals surface area contributed by atoms with Gasteiger partial charge in [0.1, 0.15) is 0 Å². The molecule has 9 heteroatoms. The molecular weight excluding hydrogens is 366 g/mol. The molecule has 0 fully saturated rings. The minimum atomic E-state index is -1.28. The summed E-state index contributed by atoms with van der Waals surface area (Å²) in [5, 5.41) is 16.9. The number of aromatic carboxylic acids is 1. The number of hydrogen-bond donors (Lipinski definition) is 2. The lowest BCUT2D eigenvalue weighted by atomic mass is 10.1. The highest BCUT2D eigenvalue weighted by Crippen LogP contribution is 2.27. The van der Waals surface area contributed by atoms with Crippen molar-refractivity contribution in [1.82, 2.24) is 10.7 Å². The molecule has 2 rings (SSSR count). The van der Waals surface area contributed by atoms with Crippen molar-refractivity contribution in [3.05, 3.63) is 59.2 Å². The van der Waals surface area contributed by atoms with Gasteiger partial charge in [-0.05, 0) is 29.3 Å². The summed E-state index contributed by atoms with van der Waals surface area (Å²) in [6, 6.07) is 10.4. The number of amides is 2. The summed E-state index contributed by atoms with van der Waals surface area (Å²) in [7, 11) is 2.94. The molecule has 0 unspecified atom stereocenters. The van der Waals surface area contributed by atoms with E-state index in [9.17, 15) is 19.5 Å². The van der Waals surface area contributed by atoms with Gasteiger partial charge in [0.2, 0.25) is 0 Å². The van der Waals surface area contributed by atoms with Gasteiger partial charge in [0.05, 0.1) is 32.9 Å². The summed E-state index contributed by atoms with van der Waals surface area (Å²) in [6.45, 7) is -0.284. The van der Waals surface area contributed by atoms with E-state index in [-0.39, 0.29) is 12.1 Å². The highest BCUT2D eigenvalue weighted by molar-refractivity contribution is 5.97. The molecule has 2 aromatic rings. The summed E-state index contributed by atoms with van der Waals surface area (Å²) in [5.41, 5.74) is 3.19. The Morgan fingerprint density at radius 1 is 1.00 bits per heavy atom. The van der Waals surface area contributed by atoms with Crippen molar-refractivity contribution >= 4 is 24.0 Å². The molecule has 146 valence electrons. The average Bonchev–Trinajstić information content (AvgIpc) is 2.71. The molecular formula is C19H18N3O6-. The molecule has 28 heavy (non-hydrogen) atoms. The lowest BCUT2D eigenvalue weighted by molar-refractivity contribution is -0.255. The van der Waals surface area contributed by atoms with Crippen LogP contribution in [-0.4, -0.2) is 44.8 Å². The fraction of sp³-hybridized carbons (Fsp3) is 0.158. The molecule has 0 aliphatic rings. The van der Waals surface area contributed by atoms with E-state index < -0.39 is 17.8 Å². The van der Waals surface area contributed by atoms with E-state index in [1.54, 1.807) is 12.1 Å². The molecule has 2 aromatic carbocycles. The van der Waals surface area contributed by atoms with Gasteiger partial charge >= 0.3 is 0 Å². The predicted octanol–water partition coefficient (Wildman–Crippen LogP) is -0.0526. The molecule has 0 aliphatic carbocycles. The number of methoxy groups -OCH3 is 2. The van der Waals surface area contributed by atoms with Crippen LogP contribution >= 0.6 is 0 Å². The van der Waals surface area contributed by atoms with E-state index in [2.05, 4.69) is 15.8 Å². The van der Waals surface area contributed by atoms with E-state index in [1.807, 2.05) is 0 Å². The Labute approximate surface area is 161 Å². The smallest absolute Gasteiger partial charge is 0.259 e. The number of carboxylic acid groups (broad SMARTS) is 1. The van der Waals surface area contributed by atoms with Crippen LogP contribution in [0.4, 0.5) is 0 Å².